The van der Waals surface area contributed by atoms with Crippen LogP contribution in [0.4, 0.5) is 4.79 Å². The first kappa shape index (κ1) is 36.7. The fourth-order valence-corrected chi connectivity index (χ4v) is 5.71. The maximum absolute atomic E-state index is 14.0. The molecule has 1 saturated carbocycles. The summed E-state index contributed by atoms with van der Waals surface area (Å²) in [6.07, 6.45) is 8.02. The number of aromatic nitrogens is 2. The minimum Gasteiger partial charge on any atom is -0.460 e. The van der Waals surface area contributed by atoms with E-state index in [1.807, 2.05) is 20.8 Å². The normalized spacial score (nSPS) is 20.7. The summed E-state index contributed by atoms with van der Waals surface area (Å²) in [5.41, 5.74) is -2.20. The van der Waals surface area contributed by atoms with Gasteiger partial charge in [-0.2, -0.15) is 0 Å². The highest BCUT2D eigenvalue weighted by molar-refractivity contribution is 5.97. The van der Waals surface area contributed by atoms with E-state index < -0.39 is 70.4 Å². The molecule has 1 aromatic rings. The van der Waals surface area contributed by atoms with Gasteiger partial charge in [-0.25, -0.2) is 9.78 Å². The van der Waals surface area contributed by atoms with Gasteiger partial charge in [0.25, 0.3) is 5.91 Å². The second-order valence-corrected chi connectivity index (χ2v) is 15.4. The summed E-state index contributed by atoms with van der Waals surface area (Å²) in [5.74, 6) is -3.05. The first-order valence-electron chi connectivity index (χ1n) is 16.1. The van der Waals surface area contributed by atoms with Gasteiger partial charge in [-0.05, 0) is 65.7 Å². The molecule has 4 amide bonds. The molecule has 2 fully saturated rings. The van der Waals surface area contributed by atoms with Crippen LogP contribution in [0.3, 0.4) is 0 Å². The van der Waals surface area contributed by atoms with Crippen LogP contribution < -0.4 is 16.0 Å². The topological polar surface area (TPSA) is 169 Å². The predicted octanol–water partition coefficient (Wildman–Crippen LogP) is 3.38. The third-order valence-corrected chi connectivity index (χ3v) is 7.91. The van der Waals surface area contributed by atoms with Crippen LogP contribution in [-0.2, 0) is 23.9 Å². The smallest absolute Gasteiger partial charge is 0.410 e. The standard InChI is InChI=1S/C33H52N6O7/c1-31(2,3)25(38-27(41)24(20-13-11-10-12-14-20)37-26(40)22-17-34-15-16-35-22)28(42)36-23-19-39(30(44)46-33(7,8)9)18-21(23)29(43)45-32(4,5)6/h15-17,20-21,23-25H,10-14,18-19H2,1-9H3,(H,36,42)(H,37,40)(H,38,41)/t21-,23?,24+,25-/m1/s1. The van der Waals surface area contributed by atoms with E-state index in [2.05, 4.69) is 25.9 Å². The molecule has 0 radical (unpaired) electrons. The number of hydrogen-bond donors (Lipinski definition) is 3. The van der Waals surface area contributed by atoms with Gasteiger partial charge in [0.15, 0.2) is 0 Å². The summed E-state index contributed by atoms with van der Waals surface area (Å²) >= 11 is 0. The lowest BCUT2D eigenvalue weighted by Gasteiger charge is -2.35. The van der Waals surface area contributed by atoms with Crippen LogP contribution in [0.2, 0.25) is 0 Å². The first-order valence-corrected chi connectivity index (χ1v) is 16.1. The molecule has 2 heterocycles. The summed E-state index contributed by atoms with van der Waals surface area (Å²) in [5, 5.41) is 8.69. The molecular formula is C33H52N6O7. The largest absolute Gasteiger partial charge is 0.460 e. The van der Waals surface area contributed by atoms with E-state index >= 15 is 0 Å². The van der Waals surface area contributed by atoms with Gasteiger partial charge in [0.05, 0.1) is 18.2 Å². The molecule has 3 N–H and O–H groups in total. The lowest BCUT2D eigenvalue weighted by molar-refractivity contribution is -0.160. The average Bonchev–Trinajstić information content (AvgIpc) is 3.37. The second-order valence-electron chi connectivity index (χ2n) is 15.4. The van der Waals surface area contributed by atoms with Gasteiger partial charge in [-0.3, -0.25) is 24.2 Å². The van der Waals surface area contributed by atoms with Gasteiger partial charge in [0, 0.05) is 25.5 Å². The monoisotopic (exact) mass is 644 g/mol. The highest BCUT2D eigenvalue weighted by Gasteiger charge is 2.46. The molecule has 13 heteroatoms. The first-order chi connectivity index (χ1) is 21.2. The molecule has 2 aliphatic rings. The van der Waals surface area contributed by atoms with Gasteiger partial charge in [-0.1, -0.05) is 40.0 Å². The molecule has 1 aliphatic carbocycles. The van der Waals surface area contributed by atoms with E-state index in [1.165, 1.54) is 23.5 Å². The third kappa shape index (κ3) is 10.7. The molecule has 0 bridgehead atoms. The van der Waals surface area contributed by atoms with Crippen molar-refractivity contribution in [2.24, 2.45) is 17.3 Å². The van der Waals surface area contributed by atoms with Crippen molar-refractivity contribution in [1.82, 2.24) is 30.8 Å². The lowest BCUT2D eigenvalue weighted by Crippen LogP contribution is -2.61. The molecule has 46 heavy (non-hydrogen) atoms. The Labute approximate surface area is 272 Å². The number of amides is 4. The van der Waals surface area contributed by atoms with Crippen molar-refractivity contribution in [1.29, 1.82) is 0 Å². The number of nitrogens with one attached hydrogen (secondary N) is 3. The summed E-state index contributed by atoms with van der Waals surface area (Å²) in [7, 11) is 0. The van der Waals surface area contributed by atoms with E-state index in [0.29, 0.717) is 0 Å². The quantitative estimate of drug-likeness (QED) is 0.359. The number of carbonyl (C=O) groups is 5. The van der Waals surface area contributed by atoms with Crippen molar-refractivity contribution >= 4 is 29.8 Å². The molecule has 256 valence electrons. The fraction of sp³-hybridized carbons (Fsp3) is 0.727. The molecule has 1 aromatic heterocycles. The van der Waals surface area contributed by atoms with Gasteiger partial charge in [0.1, 0.15) is 29.0 Å². The van der Waals surface area contributed by atoms with Crippen molar-refractivity contribution in [3.8, 4) is 0 Å². The van der Waals surface area contributed by atoms with Gasteiger partial charge in [0.2, 0.25) is 11.8 Å². The van der Waals surface area contributed by atoms with E-state index in [-0.39, 0.29) is 24.7 Å². The molecule has 1 saturated heterocycles. The summed E-state index contributed by atoms with van der Waals surface area (Å²) in [4.78, 5) is 76.5. The van der Waals surface area contributed by atoms with E-state index in [4.69, 9.17) is 9.47 Å². The maximum Gasteiger partial charge on any atom is 0.410 e. The fourth-order valence-electron chi connectivity index (χ4n) is 5.71. The van der Waals surface area contributed by atoms with Crippen LogP contribution in [0.25, 0.3) is 0 Å². The Bertz CT molecular complexity index is 1250. The van der Waals surface area contributed by atoms with Crippen molar-refractivity contribution in [2.75, 3.05) is 13.1 Å². The third-order valence-electron chi connectivity index (χ3n) is 7.91. The summed E-state index contributed by atoms with van der Waals surface area (Å²) in [6.45, 7) is 16.0. The van der Waals surface area contributed by atoms with Gasteiger partial charge >= 0.3 is 12.1 Å². The number of nitrogens with zero attached hydrogens (tertiary/aromatic N) is 3. The van der Waals surface area contributed by atoms with Crippen LogP contribution in [-0.4, -0.2) is 87.1 Å². The Hall–Kier alpha value is -3.77. The van der Waals surface area contributed by atoms with E-state index in [0.717, 1.165) is 32.1 Å². The maximum atomic E-state index is 14.0. The zero-order chi connectivity index (χ0) is 34.4. The number of carbonyl (C=O) groups excluding carboxylic acids is 5. The second kappa shape index (κ2) is 14.8. The summed E-state index contributed by atoms with van der Waals surface area (Å²) in [6, 6.07) is -2.72. The molecule has 3 rings (SSSR count). The lowest BCUT2D eigenvalue weighted by atomic mass is 9.82. The Morgan fingerprint density at radius 1 is 0.826 bits per heavy atom. The molecular weight excluding hydrogens is 592 g/mol. The van der Waals surface area contributed by atoms with Crippen LogP contribution >= 0.6 is 0 Å². The van der Waals surface area contributed by atoms with E-state index in [1.54, 1.807) is 41.5 Å². The Balaban J connectivity index is 1.83. The molecule has 1 unspecified atom stereocenters. The molecule has 0 aromatic carbocycles. The van der Waals surface area contributed by atoms with Crippen molar-refractivity contribution in [3.63, 3.8) is 0 Å². The van der Waals surface area contributed by atoms with E-state index in [9.17, 15) is 24.0 Å². The predicted molar refractivity (Wildman–Crippen MR) is 170 cm³/mol. The minimum atomic E-state index is -1.03. The van der Waals surface area contributed by atoms with Crippen LogP contribution in [0.5, 0.6) is 0 Å². The van der Waals surface area contributed by atoms with Crippen LogP contribution in [0, 0.1) is 17.3 Å². The Kier molecular flexibility index (Phi) is 11.8. The average molecular weight is 645 g/mol. The SMILES string of the molecule is CC(C)(C)OC(=O)[C@@H]1CN(C(=O)OC(C)(C)C)CC1NC(=O)[C@@H](NC(=O)[C@@H](NC(=O)c1cnccn1)C1CCCCC1)C(C)(C)C. The Morgan fingerprint density at radius 2 is 1.46 bits per heavy atom. The zero-order valence-electron chi connectivity index (χ0n) is 28.8. The zero-order valence-corrected chi connectivity index (χ0v) is 28.8. The van der Waals surface area contributed by atoms with Crippen molar-refractivity contribution in [3.05, 3.63) is 24.3 Å². The number of hydrogen-bond acceptors (Lipinski definition) is 9. The van der Waals surface area contributed by atoms with Crippen LogP contribution in [0.15, 0.2) is 18.6 Å². The number of ether oxygens (including phenoxy) is 2. The molecule has 4 atom stereocenters. The number of esters is 1. The molecule has 1 aliphatic heterocycles. The number of rotatable bonds is 8. The summed E-state index contributed by atoms with van der Waals surface area (Å²) < 4.78 is 11.2. The van der Waals surface area contributed by atoms with Gasteiger partial charge < -0.3 is 30.3 Å². The molecule has 0 spiro atoms. The number of likely N-dealkylation sites (tertiary alicyclic amines) is 1. The van der Waals surface area contributed by atoms with Crippen molar-refractivity contribution < 1.29 is 33.4 Å². The van der Waals surface area contributed by atoms with Gasteiger partial charge in [-0.15, -0.1) is 0 Å². The highest BCUT2D eigenvalue weighted by Crippen LogP contribution is 2.29. The highest BCUT2D eigenvalue weighted by atomic mass is 16.6. The minimum absolute atomic E-state index is 0.000515. The Morgan fingerprint density at radius 3 is 2.00 bits per heavy atom. The van der Waals surface area contributed by atoms with Crippen LogP contribution in [0.1, 0.15) is 105 Å². The molecule has 13 nitrogen and oxygen atoms in total. The van der Waals surface area contributed by atoms with Crippen molar-refractivity contribution in [2.45, 2.75) is 124 Å².